The lowest BCUT2D eigenvalue weighted by Gasteiger charge is -2.06. The van der Waals surface area contributed by atoms with Crippen molar-refractivity contribution in [3.8, 4) is 0 Å². The molecular formula is C15H15ClN6. The quantitative estimate of drug-likeness (QED) is 0.733. The Kier molecular flexibility index (Phi) is 4.02. The van der Waals surface area contributed by atoms with Gasteiger partial charge in [0.2, 0.25) is 0 Å². The molecule has 2 heterocycles. The van der Waals surface area contributed by atoms with Crippen molar-refractivity contribution in [2.24, 2.45) is 0 Å². The largest absolute Gasteiger partial charge is 0.365 e. The van der Waals surface area contributed by atoms with Crippen molar-refractivity contribution >= 4 is 28.6 Å². The number of hydrogen-bond acceptors (Lipinski definition) is 5. The molecule has 3 aromatic rings. The van der Waals surface area contributed by atoms with Crippen molar-refractivity contribution in [3.05, 3.63) is 53.3 Å². The topological polar surface area (TPSA) is 68.5 Å². The minimum absolute atomic E-state index is 0.507. The van der Waals surface area contributed by atoms with Crippen LogP contribution < -0.4 is 5.32 Å². The third-order valence-electron chi connectivity index (χ3n) is 3.17. The summed E-state index contributed by atoms with van der Waals surface area (Å²) in [5, 5.41) is 12.2. The van der Waals surface area contributed by atoms with Gasteiger partial charge in [0.25, 0.3) is 0 Å². The van der Waals surface area contributed by atoms with E-state index in [0.717, 1.165) is 5.56 Å². The standard InChI is InChI=1S/C15H15ClN6/c1-3-8-17-14-13-15(19-10(2)18-14)22(21-20-13)9-11-6-4-5-7-12(11)16/h3-7H,1,8-9H2,2H3,(H,17,18,19). The predicted octanol–water partition coefficient (Wildman–Crippen LogP) is 2.83. The van der Waals surface area contributed by atoms with E-state index in [2.05, 4.69) is 32.2 Å². The normalized spacial score (nSPS) is 10.8. The molecule has 112 valence electrons. The molecule has 0 aliphatic heterocycles. The maximum Gasteiger partial charge on any atom is 0.184 e. The minimum atomic E-state index is 0.507. The lowest BCUT2D eigenvalue weighted by atomic mass is 10.2. The molecule has 22 heavy (non-hydrogen) atoms. The summed E-state index contributed by atoms with van der Waals surface area (Å²) in [5.74, 6) is 1.31. The first kappa shape index (κ1) is 14.5. The molecule has 0 spiro atoms. The third kappa shape index (κ3) is 2.78. The molecule has 0 bridgehead atoms. The van der Waals surface area contributed by atoms with Gasteiger partial charge < -0.3 is 5.32 Å². The van der Waals surface area contributed by atoms with E-state index >= 15 is 0 Å². The van der Waals surface area contributed by atoms with Gasteiger partial charge in [0.05, 0.1) is 6.54 Å². The zero-order valence-electron chi connectivity index (χ0n) is 12.1. The fourth-order valence-electron chi connectivity index (χ4n) is 2.15. The number of nitrogens with one attached hydrogen (secondary N) is 1. The Labute approximate surface area is 132 Å². The van der Waals surface area contributed by atoms with Crippen LogP contribution in [0.4, 0.5) is 5.82 Å². The van der Waals surface area contributed by atoms with Crippen molar-refractivity contribution in [3.63, 3.8) is 0 Å². The highest BCUT2D eigenvalue weighted by atomic mass is 35.5. The van der Waals surface area contributed by atoms with Crippen LogP contribution in [0.3, 0.4) is 0 Å². The van der Waals surface area contributed by atoms with Crippen LogP contribution in [0, 0.1) is 6.92 Å². The van der Waals surface area contributed by atoms with Crippen LogP contribution >= 0.6 is 11.6 Å². The van der Waals surface area contributed by atoms with E-state index in [9.17, 15) is 0 Å². The lowest BCUT2D eigenvalue weighted by Crippen LogP contribution is -2.06. The fraction of sp³-hybridized carbons (Fsp3) is 0.200. The number of halogens is 1. The van der Waals surface area contributed by atoms with Crippen LogP contribution in [0.1, 0.15) is 11.4 Å². The molecule has 0 unspecified atom stereocenters. The van der Waals surface area contributed by atoms with Gasteiger partial charge in [-0.3, -0.25) is 0 Å². The number of anilines is 1. The highest BCUT2D eigenvalue weighted by Crippen LogP contribution is 2.20. The second kappa shape index (κ2) is 6.11. The van der Waals surface area contributed by atoms with Crippen LogP contribution in [0.5, 0.6) is 0 Å². The molecule has 0 fully saturated rings. The number of aromatic nitrogens is 5. The molecule has 0 atom stereocenters. The molecule has 6 nitrogen and oxygen atoms in total. The first-order chi connectivity index (χ1) is 10.7. The van der Waals surface area contributed by atoms with Gasteiger partial charge in [-0.1, -0.05) is 41.1 Å². The summed E-state index contributed by atoms with van der Waals surface area (Å²) in [5.41, 5.74) is 2.28. The SMILES string of the molecule is C=CCNc1nc(C)nc2c1nnn2Cc1ccccc1Cl. The number of fused-ring (bicyclic) bond motifs is 1. The lowest BCUT2D eigenvalue weighted by molar-refractivity contribution is 0.663. The van der Waals surface area contributed by atoms with Crippen LogP contribution in [0.15, 0.2) is 36.9 Å². The second-order valence-corrected chi connectivity index (χ2v) is 5.21. The van der Waals surface area contributed by atoms with Crippen LogP contribution in [0.2, 0.25) is 5.02 Å². The molecule has 0 amide bonds. The number of aryl methyl sites for hydroxylation is 1. The maximum absolute atomic E-state index is 6.21. The molecule has 0 aliphatic carbocycles. The van der Waals surface area contributed by atoms with Crippen LogP contribution in [0.25, 0.3) is 11.2 Å². The van der Waals surface area contributed by atoms with Gasteiger partial charge in [-0.15, -0.1) is 11.7 Å². The summed E-state index contributed by atoms with van der Waals surface area (Å²) in [6.45, 7) is 6.63. The Hall–Kier alpha value is -2.47. The molecule has 2 aromatic heterocycles. The van der Waals surface area contributed by atoms with Crippen LogP contribution in [-0.2, 0) is 6.54 Å². The summed E-state index contributed by atoms with van der Waals surface area (Å²) in [7, 11) is 0. The van der Waals surface area contributed by atoms with Crippen molar-refractivity contribution in [2.75, 3.05) is 11.9 Å². The van der Waals surface area contributed by atoms with Gasteiger partial charge in [-0.2, -0.15) is 0 Å². The molecule has 7 heteroatoms. The maximum atomic E-state index is 6.21. The zero-order valence-corrected chi connectivity index (χ0v) is 12.9. The average molecular weight is 315 g/mol. The van der Waals surface area contributed by atoms with E-state index in [4.69, 9.17) is 11.6 Å². The molecule has 3 rings (SSSR count). The van der Waals surface area contributed by atoms with E-state index in [1.54, 1.807) is 10.8 Å². The van der Waals surface area contributed by atoms with Crippen molar-refractivity contribution < 1.29 is 0 Å². The molecule has 1 N–H and O–H groups in total. The summed E-state index contributed by atoms with van der Waals surface area (Å²) in [6.07, 6.45) is 1.76. The van der Waals surface area contributed by atoms with Crippen molar-refractivity contribution in [1.29, 1.82) is 0 Å². The fourth-order valence-corrected chi connectivity index (χ4v) is 2.35. The summed E-state index contributed by atoms with van der Waals surface area (Å²) in [6, 6.07) is 7.65. The summed E-state index contributed by atoms with van der Waals surface area (Å²) >= 11 is 6.21. The summed E-state index contributed by atoms with van der Waals surface area (Å²) in [4.78, 5) is 8.81. The predicted molar refractivity (Wildman–Crippen MR) is 87.1 cm³/mol. The number of rotatable bonds is 5. The Morgan fingerprint density at radius 1 is 1.32 bits per heavy atom. The van der Waals surface area contributed by atoms with Gasteiger partial charge >= 0.3 is 0 Å². The molecule has 0 saturated carbocycles. The number of hydrogen-bond donors (Lipinski definition) is 1. The van der Waals surface area contributed by atoms with Gasteiger partial charge in [0.15, 0.2) is 17.0 Å². The zero-order chi connectivity index (χ0) is 15.5. The van der Waals surface area contributed by atoms with E-state index in [1.807, 2.05) is 31.2 Å². The second-order valence-electron chi connectivity index (χ2n) is 4.80. The third-order valence-corrected chi connectivity index (χ3v) is 3.54. The highest BCUT2D eigenvalue weighted by Gasteiger charge is 2.13. The minimum Gasteiger partial charge on any atom is -0.365 e. The smallest absolute Gasteiger partial charge is 0.184 e. The monoisotopic (exact) mass is 314 g/mol. The van der Waals surface area contributed by atoms with Crippen LogP contribution in [-0.4, -0.2) is 31.5 Å². The Morgan fingerprint density at radius 3 is 2.91 bits per heavy atom. The van der Waals surface area contributed by atoms with Gasteiger partial charge in [0.1, 0.15) is 5.82 Å². The van der Waals surface area contributed by atoms with E-state index in [-0.39, 0.29) is 0 Å². The molecule has 0 radical (unpaired) electrons. The number of nitrogens with zero attached hydrogens (tertiary/aromatic N) is 5. The van der Waals surface area contributed by atoms with Gasteiger partial charge in [-0.25, -0.2) is 14.6 Å². The molecular weight excluding hydrogens is 300 g/mol. The average Bonchev–Trinajstić information content (AvgIpc) is 2.90. The van der Waals surface area contributed by atoms with Gasteiger partial charge in [0, 0.05) is 11.6 Å². The molecule has 1 aromatic carbocycles. The Morgan fingerprint density at radius 2 is 2.14 bits per heavy atom. The van der Waals surface area contributed by atoms with Gasteiger partial charge in [-0.05, 0) is 18.6 Å². The Balaban J connectivity index is 2.03. The first-order valence-electron chi connectivity index (χ1n) is 6.85. The first-order valence-corrected chi connectivity index (χ1v) is 7.23. The van der Waals surface area contributed by atoms with Crippen molar-refractivity contribution in [2.45, 2.75) is 13.5 Å². The summed E-state index contributed by atoms with van der Waals surface area (Å²) < 4.78 is 1.73. The molecule has 0 saturated heterocycles. The highest BCUT2D eigenvalue weighted by molar-refractivity contribution is 6.31. The molecule has 0 aliphatic rings. The van der Waals surface area contributed by atoms with E-state index in [1.165, 1.54) is 0 Å². The van der Waals surface area contributed by atoms with E-state index in [0.29, 0.717) is 40.9 Å². The van der Waals surface area contributed by atoms with Crippen molar-refractivity contribution in [1.82, 2.24) is 25.0 Å². The van der Waals surface area contributed by atoms with E-state index < -0.39 is 0 Å². The number of benzene rings is 1. The Bertz CT molecular complexity index is 826.